The Balaban J connectivity index is 2.03. The maximum atomic E-state index is 11.6. The van der Waals surface area contributed by atoms with Crippen molar-refractivity contribution in [1.29, 1.82) is 0 Å². The molecule has 120 valence electrons. The molecule has 0 spiro atoms. The Hall–Kier alpha value is -1.90. The second-order valence-corrected chi connectivity index (χ2v) is 5.45. The highest BCUT2D eigenvalue weighted by Crippen LogP contribution is 2.08. The molecule has 0 fully saturated rings. The normalized spacial score (nSPS) is 11.3. The monoisotopic (exact) mass is 300 g/mol. The van der Waals surface area contributed by atoms with E-state index < -0.39 is 0 Å². The summed E-state index contributed by atoms with van der Waals surface area (Å²) in [4.78, 5) is 11.6. The molecule has 1 amide bonds. The number of hydrogen-bond acceptors (Lipinski definition) is 2. The Morgan fingerprint density at radius 3 is 2.45 bits per heavy atom. The minimum absolute atomic E-state index is 0.00193. The summed E-state index contributed by atoms with van der Waals surface area (Å²) in [5.41, 5.74) is 3.67. The van der Waals surface area contributed by atoms with Crippen molar-refractivity contribution in [1.82, 2.24) is 5.43 Å². The Morgan fingerprint density at radius 1 is 1.05 bits per heavy atom. The second-order valence-electron chi connectivity index (χ2n) is 5.45. The summed E-state index contributed by atoms with van der Waals surface area (Å²) in [6.45, 7) is 2.22. The summed E-state index contributed by atoms with van der Waals surface area (Å²) in [6.07, 6.45) is 14.5. The van der Waals surface area contributed by atoms with Crippen LogP contribution in [0.15, 0.2) is 41.5 Å². The quantitative estimate of drug-likeness (QED) is 0.351. The van der Waals surface area contributed by atoms with E-state index >= 15 is 0 Å². The summed E-state index contributed by atoms with van der Waals surface area (Å²) in [5.74, 6) is -0.00193. The van der Waals surface area contributed by atoms with Crippen molar-refractivity contribution in [3.05, 3.63) is 42.0 Å². The molecular formula is C19H28N2O. The molecule has 0 unspecified atom stereocenters. The lowest BCUT2D eigenvalue weighted by molar-refractivity contribution is -0.121. The first-order valence-electron chi connectivity index (χ1n) is 8.36. The van der Waals surface area contributed by atoms with Crippen LogP contribution in [0, 0.1) is 0 Å². The summed E-state index contributed by atoms with van der Waals surface area (Å²) in [5, 5.41) is 3.91. The lowest BCUT2D eigenvalue weighted by atomic mass is 10.1. The second kappa shape index (κ2) is 12.8. The van der Waals surface area contributed by atoms with Crippen LogP contribution in [0.5, 0.6) is 0 Å². The average molecular weight is 300 g/mol. The van der Waals surface area contributed by atoms with Crippen LogP contribution in [0.25, 0.3) is 6.08 Å². The van der Waals surface area contributed by atoms with Gasteiger partial charge in [0.25, 0.3) is 0 Å². The molecule has 3 heteroatoms. The number of hydrogen-bond donors (Lipinski definition) is 1. The van der Waals surface area contributed by atoms with Crippen LogP contribution in [0.2, 0.25) is 0 Å². The van der Waals surface area contributed by atoms with Gasteiger partial charge in [0.15, 0.2) is 0 Å². The van der Waals surface area contributed by atoms with Gasteiger partial charge in [0.05, 0.1) is 0 Å². The minimum Gasteiger partial charge on any atom is -0.273 e. The first-order chi connectivity index (χ1) is 10.8. The number of benzene rings is 1. The average Bonchev–Trinajstić information content (AvgIpc) is 2.54. The molecule has 0 aromatic heterocycles. The molecule has 1 N–H and O–H groups in total. The summed E-state index contributed by atoms with van der Waals surface area (Å²) < 4.78 is 0. The number of nitrogens with zero attached hydrogens (tertiary/aromatic N) is 1. The van der Waals surface area contributed by atoms with Crippen LogP contribution in [-0.4, -0.2) is 12.1 Å². The van der Waals surface area contributed by atoms with E-state index in [-0.39, 0.29) is 5.91 Å². The van der Waals surface area contributed by atoms with Crippen LogP contribution in [-0.2, 0) is 4.79 Å². The maximum Gasteiger partial charge on any atom is 0.240 e. The number of nitrogens with one attached hydrogen (secondary N) is 1. The van der Waals surface area contributed by atoms with Gasteiger partial charge in [-0.05, 0) is 18.1 Å². The third kappa shape index (κ3) is 9.92. The van der Waals surface area contributed by atoms with Gasteiger partial charge >= 0.3 is 0 Å². The predicted molar refractivity (Wildman–Crippen MR) is 94.7 cm³/mol. The van der Waals surface area contributed by atoms with Gasteiger partial charge in [-0.2, -0.15) is 5.10 Å². The number of unbranched alkanes of at least 4 members (excludes halogenated alkanes) is 6. The SMILES string of the molecule is CCCCCCCCCC(=O)N/N=C/C=C/c1ccccc1. The Kier molecular flexibility index (Phi) is 10.6. The fourth-order valence-electron chi connectivity index (χ4n) is 2.17. The number of carbonyl (C=O) groups is 1. The molecular weight excluding hydrogens is 272 g/mol. The fourth-order valence-corrected chi connectivity index (χ4v) is 2.17. The molecule has 1 aromatic carbocycles. The van der Waals surface area contributed by atoms with E-state index in [4.69, 9.17) is 0 Å². The Bertz CT molecular complexity index is 452. The number of hydrazone groups is 1. The number of amides is 1. The van der Waals surface area contributed by atoms with Crippen molar-refractivity contribution in [2.24, 2.45) is 5.10 Å². The van der Waals surface area contributed by atoms with Crippen molar-refractivity contribution in [3.63, 3.8) is 0 Å². The third-order valence-corrected chi connectivity index (χ3v) is 3.45. The molecule has 0 saturated heterocycles. The van der Waals surface area contributed by atoms with Gasteiger partial charge in [0.1, 0.15) is 0 Å². The molecule has 0 radical (unpaired) electrons. The number of allylic oxidation sites excluding steroid dienone is 1. The zero-order valence-electron chi connectivity index (χ0n) is 13.6. The number of carbonyl (C=O) groups excluding carboxylic acids is 1. The van der Waals surface area contributed by atoms with E-state index in [1.807, 2.05) is 42.5 Å². The molecule has 3 nitrogen and oxygen atoms in total. The van der Waals surface area contributed by atoms with Crippen LogP contribution in [0.3, 0.4) is 0 Å². The van der Waals surface area contributed by atoms with Crippen molar-refractivity contribution in [2.45, 2.75) is 58.3 Å². The maximum absolute atomic E-state index is 11.6. The van der Waals surface area contributed by atoms with E-state index in [2.05, 4.69) is 17.5 Å². The first-order valence-corrected chi connectivity index (χ1v) is 8.36. The first kappa shape index (κ1) is 18.1. The van der Waals surface area contributed by atoms with Crippen molar-refractivity contribution < 1.29 is 4.79 Å². The van der Waals surface area contributed by atoms with E-state index in [9.17, 15) is 4.79 Å². The zero-order valence-corrected chi connectivity index (χ0v) is 13.6. The largest absolute Gasteiger partial charge is 0.273 e. The lowest BCUT2D eigenvalue weighted by Crippen LogP contribution is -2.16. The topological polar surface area (TPSA) is 41.5 Å². The van der Waals surface area contributed by atoms with Gasteiger partial charge < -0.3 is 0 Å². The molecule has 0 aliphatic carbocycles. The smallest absolute Gasteiger partial charge is 0.240 e. The van der Waals surface area contributed by atoms with Gasteiger partial charge in [-0.3, -0.25) is 4.79 Å². The molecule has 0 aliphatic rings. The highest BCUT2D eigenvalue weighted by molar-refractivity contribution is 5.81. The van der Waals surface area contributed by atoms with Crippen molar-refractivity contribution in [2.75, 3.05) is 0 Å². The molecule has 0 bridgehead atoms. The molecule has 0 saturated carbocycles. The third-order valence-electron chi connectivity index (χ3n) is 3.45. The van der Waals surface area contributed by atoms with Crippen LogP contribution >= 0.6 is 0 Å². The Morgan fingerprint density at radius 2 is 1.73 bits per heavy atom. The van der Waals surface area contributed by atoms with Gasteiger partial charge in [-0.1, -0.05) is 81.9 Å². The minimum atomic E-state index is -0.00193. The van der Waals surface area contributed by atoms with Crippen LogP contribution < -0.4 is 5.43 Å². The lowest BCUT2D eigenvalue weighted by Gasteiger charge is -2.00. The van der Waals surface area contributed by atoms with Crippen LogP contribution in [0.1, 0.15) is 63.9 Å². The fraction of sp³-hybridized carbons (Fsp3) is 0.474. The highest BCUT2D eigenvalue weighted by atomic mass is 16.2. The predicted octanol–water partition coefficient (Wildman–Crippen LogP) is 4.94. The molecule has 1 aromatic rings. The standard InChI is InChI=1S/C19H28N2O/c1-2-3-4-5-6-7-11-16-19(22)21-20-17-12-15-18-13-9-8-10-14-18/h8-10,12-15,17H,2-7,11,16H2,1H3,(H,21,22)/b15-12+,20-17+. The summed E-state index contributed by atoms with van der Waals surface area (Å²) >= 11 is 0. The van der Waals surface area contributed by atoms with Crippen LogP contribution in [0.4, 0.5) is 0 Å². The molecule has 1 rings (SSSR count). The highest BCUT2D eigenvalue weighted by Gasteiger charge is 1.98. The van der Waals surface area contributed by atoms with Gasteiger partial charge in [-0.15, -0.1) is 0 Å². The van der Waals surface area contributed by atoms with Gasteiger partial charge in [0, 0.05) is 12.6 Å². The van der Waals surface area contributed by atoms with Crippen molar-refractivity contribution in [3.8, 4) is 0 Å². The van der Waals surface area contributed by atoms with E-state index in [1.165, 1.54) is 32.1 Å². The summed E-state index contributed by atoms with van der Waals surface area (Å²) in [7, 11) is 0. The van der Waals surface area contributed by atoms with Gasteiger partial charge in [-0.25, -0.2) is 5.43 Å². The van der Waals surface area contributed by atoms with E-state index in [1.54, 1.807) is 6.21 Å². The Labute approximate surface area is 134 Å². The molecule has 0 aliphatic heterocycles. The number of rotatable bonds is 11. The molecule has 22 heavy (non-hydrogen) atoms. The van der Waals surface area contributed by atoms with Gasteiger partial charge in [0.2, 0.25) is 5.91 Å². The summed E-state index contributed by atoms with van der Waals surface area (Å²) in [6, 6.07) is 9.99. The molecule has 0 heterocycles. The van der Waals surface area contributed by atoms with Crippen molar-refractivity contribution >= 4 is 18.2 Å². The van der Waals surface area contributed by atoms with E-state index in [0.29, 0.717) is 6.42 Å². The molecule has 0 atom stereocenters. The van der Waals surface area contributed by atoms with E-state index in [0.717, 1.165) is 18.4 Å². The zero-order chi connectivity index (χ0) is 15.9.